The first-order valence-electron chi connectivity index (χ1n) is 5.31. The van der Waals surface area contributed by atoms with Crippen molar-refractivity contribution >= 4 is 0 Å². The minimum atomic E-state index is 0.257. The van der Waals surface area contributed by atoms with Gasteiger partial charge in [-0.05, 0) is 45.6 Å². The van der Waals surface area contributed by atoms with E-state index in [-0.39, 0.29) is 5.54 Å². The van der Waals surface area contributed by atoms with Gasteiger partial charge < -0.3 is 5.11 Å². The van der Waals surface area contributed by atoms with Gasteiger partial charge in [-0.25, -0.2) is 0 Å². The molecule has 1 rings (SSSR count). The van der Waals surface area contributed by atoms with E-state index in [1.54, 1.807) is 0 Å². The summed E-state index contributed by atoms with van der Waals surface area (Å²) in [6.07, 6.45) is 1.22. The van der Waals surface area contributed by atoms with Gasteiger partial charge in [-0.3, -0.25) is 4.90 Å². The maximum Gasteiger partial charge on any atom is 0.0474 e. The molecule has 1 N–H and O–H groups in total. The Hall–Kier alpha value is -0.0800. The summed E-state index contributed by atoms with van der Waals surface area (Å²) in [6, 6.07) is 0. The van der Waals surface area contributed by atoms with Gasteiger partial charge in [0, 0.05) is 18.7 Å². The van der Waals surface area contributed by atoms with E-state index >= 15 is 0 Å². The second-order valence-electron chi connectivity index (χ2n) is 5.33. The first kappa shape index (κ1) is 11.0. The van der Waals surface area contributed by atoms with Crippen LogP contribution in [-0.2, 0) is 0 Å². The zero-order chi connectivity index (χ0) is 10.1. The van der Waals surface area contributed by atoms with E-state index in [1.807, 2.05) is 0 Å². The fraction of sp³-hybridized carbons (Fsp3) is 1.00. The van der Waals surface area contributed by atoms with Crippen LogP contribution in [0.3, 0.4) is 0 Å². The molecule has 2 atom stereocenters. The Bertz CT molecular complexity index is 162. The van der Waals surface area contributed by atoms with Crippen molar-refractivity contribution in [3.63, 3.8) is 0 Å². The highest BCUT2D eigenvalue weighted by Gasteiger charge is 2.31. The molecule has 1 fully saturated rings. The van der Waals surface area contributed by atoms with Gasteiger partial charge in [-0.2, -0.15) is 0 Å². The lowest BCUT2D eigenvalue weighted by molar-refractivity contribution is 0.0276. The number of hydrogen-bond donors (Lipinski definition) is 1. The highest BCUT2D eigenvalue weighted by Crippen LogP contribution is 2.27. The summed E-state index contributed by atoms with van der Waals surface area (Å²) in [6.45, 7) is 11.6. The lowest BCUT2D eigenvalue weighted by Gasteiger charge is -2.43. The van der Waals surface area contributed by atoms with Crippen molar-refractivity contribution in [1.82, 2.24) is 4.90 Å². The zero-order valence-corrected chi connectivity index (χ0v) is 9.38. The zero-order valence-electron chi connectivity index (χ0n) is 9.38. The molecule has 78 valence electrons. The number of nitrogens with zero attached hydrogens (tertiary/aromatic N) is 1. The van der Waals surface area contributed by atoms with Gasteiger partial charge in [0.15, 0.2) is 0 Å². The van der Waals surface area contributed by atoms with Gasteiger partial charge in [0.25, 0.3) is 0 Å². The molecule has 2 nitrogen and oxygen atoms in total. The first-order chi connectivity index (χ1) is 5.95. The topological polar surface area (TPSA) is 23.5 Å². The van der Waals surface area contributed by atoms with Gasteiger partial charge >= 0.3 is 0 Å². The quantitative estimate of drug-likeness (QED) is 0.672. The third-order valence-electron chi connectivity index (χ3n) is 3.30. The van der Waals surface area contributed by atoms with Crippen molar-refractivity contribution in [3.8, 4) is 0 Å². The van der Waals surface area contributed by atoms with E-state index in [4.69, 9.17) is 0 Å². The number of rotatable bonds is 1. The highest BCUT2D eigenvalue weighted by molar-refractivity contribution is 4.84. The van der Waals surface area contributed by atoms with Crippen LogP contribution in [0, 0.1) is 11.8 Å². The fourth-order valence-corrected chi connectivity index (χ4v) is 2.00. The lowest BCUT2D eigenvalue weighted by atomic mass is 9.85. The molecule has 0 amide bonds. The van der Waals surface area contributed by atoms with Gasteiger partial charge in [-0.15, -0.1) is 0 Å². The number of likely N-dealkylation sites (tertiary alicyclic amines) is 1. The van der Waals surface area contributed by atoms with Crippen LogP contribution in [0.5, 0.6) is 0 Å². The second kappa shape index (κ2) is 3.97. The Morgan fingerprint density at radius 3 is 2.46 bits per heavy atom. The van der Waals surface area contributed by atoms with E-state index in [0.29, 0.717) is 18.4 Å². The number of piperidine rings is 1. The number of aliphatic hydroxyl groups is 1. The average molecular weight is 185 g/mol. The van der Waals surface area contributed by atoms with Crippen LogP contribution < -0.4 is 0 Å². The Morgan fingerprint density at radius 2 is 2.00 bits per heavy atom. The van der Waals surface area contributed by atoms with E-state index in [0.717, 1.165) is 6.54 Å². The smallest absolute Gasteiger partial charge is 0.0474 e. The first-order valence-corrected chi connectivity index (χ1v) is 5.31. The number of hydrogen-bond acceptors (Lipinski definition) is 2. The molecule has 0 radical (unpaired) electrons. The van der Waals surface area contributed by atoms with Crippen LogP contribution >= 0.6 is 0 Å². The molecule has 0 bridgehead atoms. The van der Waals surface area contributed by atoms with Gasteiger partial charge in [0.1, 0.15) is 0 Å². The molecule has 1 aliphatic heterocycles. The molecule has 13 heavy (non-hydrogen) atoms. The molecule has 1 heterocycles. The van der Waals surface area contributed by atoms with Crippen LogP contribution in [0.4, 0.5) is 0 Å². The van der Waals surface area contributed by atoms with Crippen LogP contribution in [0.2, 0.25) is 0 Å². The van der Waals surface area contributed by atoms with Gasteiger partial charge in [0.05, 0.1) is 0 Å². The molecule has 0 unspecified atom stereocenters. The minimum absolute atomic E-state index is 0.257. The summed E-state index contributed by atoms with van der Waals surface area (Å²) in [5.74, 6) is 1.16. The summed E-state index contributed by atoms with van der Waals surface area (Å²) >= 11 is 0. The molecular formula is C11H23NO. The molecule has 0 saturated carbocycles. The van der Waals surface area contributed by atoms with Crippen LogP contribution in [0.25, 0.3) is 0 Å². The fourth-order valence-electron chi connectivity index (χ4n) is 2.00. The van der Waals surface area contributed by atoms with Crippen LogP contribution in [-0.4, -0.2) is 35.2 Å². The molecule has 1 saturated heterocycles. The standard InChI is InChI=1S/C11H23NO/c1-9-5-6-12(11(2,3)4)7-10(9)8-13/h9-10,13H,5-8H2,1-4H3/t9-,10+/m0/s1. The average Bonchev–Trinajstić information content (AvgIpc) is 2.03. The molecular weight excluding hydrogens is 162 g/mol. The summed E-state index contributed by atoms with van der Waals surface area (Å²) < 4.78 is 0. The maximum absolute atomic E-state index is 9.22. The third-order valence-corrected chi connectivity index (χ3v) is 3.30. The van der Waals surface area contributed by atoms with Crippen molar-refractivity contribution in [2.45, 2.75) is 39.7 Å². The lowest BCUT2D eigenvalue weighted by Crippen LogP contribution is -2.50. The molecule has 1 aliphatic rings. The van der Waals surface area contributed by atoms with E-state index in [2.05, 4.69) is 32.6 Å². The van der Waals surface area contributed by atoms with Crippen molar-refractivity contribution in [3.05, 3.63) is 0 Å². The Morgan fingerprint density at radius 1 is 1.38 bits per heavy atom. The summed E-state index contributed by atoms with van der Waals surface area (Å²) in [5, 5.41) is 9.22. The van der Waals surface area contributed by atoms with Gasteiger partial charge in [-0.1, -0.05) is 6.92 Å². The second-order valence-corrected chi connectivity index (χ2v) is 5.33. The Labute approximate surface area is 81.9 Å². The van der Waals surface area contributed by atoms with E-state index in [1.165, 1.54) is 13.0 Å². The van der Waals surface area contributed by atoms with Crippen molar-refractivity contribution in [2.24, 2.45) is 11.8 Å². The molecule has 0 spiro atoms. The minimum Gasteiger partial charge on any atom is -0.396 e. The third kappa shape index (κ3) is 2.68. The van der Waals surface area contributed by atoms with E-state index in [9.17, 15) is 5.11 Å². The molecule has 0 aromatic rings. The number of aliphatic hydroxyl groups excluding tert-OH is 1. The summed E-state index contributed by atoms with van der Waals surface area (Å²) in [5.41, 5.74) is 0.257. The monoisotopic (exact) mass is 185 g/mol. The normalized spacial score (nSPS) is 32.1. The molecule has 2 heteroatoms. The predicted octanol–water partition coefficient (Wildman–Crippen LogP) is 1.74. The van der Waals surface area contributed by atoms with Crippen molar-refractivity contribution in [2.75, 3.05) is 19.7 Å². The maximum atomic E-state index is 9.22. The summed E-state index contributed by atoms with van der Waals surface area (Å²) in [4.78, 5) is 2.48. The summed E-state index contributed by atoms with van der Waals surface area (Å²) in [7, 11) is 0. The Kier molecular flexibility index (Phi) is 3.36. The predicted molar refractivity (Wildman–Crippen MR) is 55.7 cm³/mol. The largest absolute Gasteiger partial charge is 0.396 e. The van der Waals surface area contributed by atoms with Crippen LogP contribution in [0.15, 0.2) is 0 Å². The molecule has 0 aromatic carbocycles. The van der Waals surface area contributed by atoms with Crippen molar-refractivity contribution < 1.29 is 5.11 Å². The van der Waals surface area contributed by atoms with E-state index < -0.39 is 0 Å². The SMILES string of the molecule is C[C@H]1CCN(C(C)(C)C)C[C@@H]1CO. The van der Waals surface area contributed by atoms with Gasteiger partial charge in [0.2, 0.25) is 0 Å². The van der Waals surface area contributed by atoms with Crippen LogP contribution in [0.1, 0.15) is 34.1 Å². The van der Waals surface area contributed by atoms with Crippen molar-refractivity contribution in [1.29, 1.82) is 0 Å². The Balaban J connectivity index is 2.55. The molecule has 0 aromatic heterocycles. The highest BCUT2D eigenvalue weighted by atomic mass is 16.3. The molecule has 0 aliphatic carbocycles.